The summed E-state index contributed by atoms with van der Waals surface area (Å²) in [6.07, 6.45) is 2.57. The maximum absolute atomic E-state index is 11.7. The molecule has 2 atom stereocenters. The Labute approximate surface area is 122 Å². The van der Waals surface area contributed by atoms with Gasteiger partial charge in [-0.3, -0.25) is 4.79 Å². The third kappa shape index (κ3) is 3.21. The number of hydrogen-bond donors (Lipinski definition) is 1. The fourth-order valence-electron chi connectivity index (χ4n) is 2.59. The normalized spacial score (nSPS) is 21.9. The Morgan fingerprint density at radius 3 is 2.62 bits per heavy atom. The first-order chi connectivity index (χ1) is 10.1. The van der Waals surface area contributed by atoms with Crippen LogP contribution in [0.25, 0.3) is 0 Å². The molecule has 0 radical (unpaired) electrons. The summed E-state index contributed by atoms with van der Waals surface area (Å²) in [7, 11) is 2.50. The predicted octanol–water partition coefficient (Wildman–Crippen LogP) is 0.256. The molecule has 1 fully saturated rings. The van der Waals surface area contributed by atoms with E-state index in [0.29, 0.717) is 12.1 Å². The lowest BCUT2D eigenvalue weighted by molar-refractivity contribution is -0.139. The molecule has 0 amide bonds. The number of hydrogen-bond acceptors (Lipinski definition) is 7. The van der Waals surface area contributed by atoms with E-state index in [2.05, 4.69) is 19.8 Å². The molecule has 0 bridgehead atoms. The maximum Gasteiger partial charge on any atom is 0.360 e. The fourth-order valence-corrected chi connectivity index (χ4v) is 2.59. The fraction of sp³-hybridized carbons (Fsp3) is 0.692. The first-order valence-electron chi connectivity index (χ1n) is 6.85. The minimum atomic E-state index is -0.662. The van der Waals surface area contributed by atoms with E-state index in [1.807, 2.05) is 0 Å². The first kappa shape index (κ1) is 15.4. The first-order valence-corrected chi connectivity index (χ1v) is 6.85. The molecule has 116 valence electrons. The van der Waals surface area contributed by atoms with Crippen LogP contribution in [0.2, 0.25) is 0 Å². The van der Waals surface area contributed by atoms with Crippen molar-refractivity contribution in [2.24, 2.45) is 0 Å². The largest absolute Gasteiger partial charge is 0.469 e. The van der Waals surface area contributed by atoms with Crippen LogP contribution in [0.4, 0.5) is 0 Å². The second kappa shape index (κ2) is 6.66. The molecule has 21 heavy (non-hydrogen) atoms. The number of aliphatic hydroxyl groups is 1. The summed E-state index contributed by atoms with van der Waals surface area (Å²) in [4.78, 5) is 23.3. The van der Waals surface area contributed by atoms with Crippen molar-refractivity contribution in [1.29, 1.82) is 0 Å². The summed E-state index contributed by atoms with van der Waals surface area (Å²) in [5.41, 5.74) is 0.306. The number of aromatic nitrogens is 3. The second-order valence-corrected chi connectivity index (χ2v) is 4.99. The summed E-state index contributed by atoms with van der Waals surface area (Å²) in [5.74, 6) is -1.17. The molecular weight excluding hydrogens is 278 g/mol. The number of aliphatic hydroxyl groups excluding tert-OH is 1. The number of carbonyl (C=O) groups is 2. The SMILES string of the molecule is COC(=O)Cc1c(C(=O)OC)nnn1C1CCCCC1O. The van der Waals surface area contributed by atoms with Crippen LogP contribution in [0, 0.1) is 0 Å². The lowest BCUT2D eigenvalue weighted by Crippen LogP contribution is -2.30. The lowest BCUT2D eigenvalue weighted by Gasteiger charge is -2.28. The monoisotopic (exact) mass is 297 g/mol. The van der Waals surface area contributed by atoms with Gasteiger partial charge in [0.15, 0.2) is 5.69 Å². The quantitative estimate of drug-likeness (QED) is 0.795. The molecule has 0 aromatic carbocycles. The zero-order valence-electron chi connectivity index (χ0n) is 12.1. The third-order valence-corrected chi connectivity index (χ3v) is 3.72. The van der Waals surface area contributed by atoms with Crippen LogP contribution in [0.1, 0.15) is 47.9 Å². The van der Waals surface area contributed by atoms with Crippen LogP contribution >= 0.6 is 0 Å². The van der Waals surface area contributed by atoms with Crippen LogP contribution in [0.5, 0.6) is 0 Å². The molecule has 1 heterocycles. The van der Waals surface area contributed by atoms with Crippen molar-refractivity contribution < 1.29 is 24.2 Å². The topological polar surface area (TPSA) is 104 Å². The van der Waals surface area contributed by atoms with E-state index in [-0.39, 0.29) is 18.2 Å². The van der Waals surface area contributed by atoms with E-state index in [0.717, 1.165) is 19.3 Å². The Bertz CT molecular complexity index is 528. The summed E-state index contributed by atoms with van der Waals surface area (Å²) in [5, 5.41) is 17.9. The number of ether oxygens (including phenoxy) is 2. The molecule has 1 N–H and O–H groups in total. The van der Waals surface area contributed by atoms with Crippen LogP contribution < -0.4 is 0 Å². The van der Waals surface area contributed by atoms with Crippen molar-refractivity contribution in [3.63, 3.8) is 0 Å². The van der Waals surface area contributed by atoms with Gasteiger partial charge in [0.2, 0.25) is 0 Å². The molecule has 0 saturated heterocycles. The minimum Gasteiger partial charge on any atom is -0.469 e. The van der Waals surface area contributed by atoms with E-state index >= 15 is 0 Å². The van der Waals surface area contributed by atoms with E-state index in [1.165, 1.54) is 18.9 Å². The number of carbonyl (C=O) groups excluding carboxylic acids is 2. The minimum absolute atomic E-state index is 0.0133. The molecule has 1 aromatic rings. The molecule has 2 rings (SSSR count). The van der Waals surface area contributed by atoms with Crippen molar-refractivity contribution in [3.8, 4) is 0 Å². The molecule has 1 aromatic heterocycles. The van der Waals surface area contributed by atoms with E-state index < -0.39 is 18.0 Å². The number of methoxy groups -OCH3 is 2. The van der Waals surface area contributed by atoms with E-state index in [9.17, 15) is 14.7 Å². The maximum atomic E-state index is 11.7. The highest BCUT2D eigenvalue weighted by molar-refractivity contribution is 5.89. The van der Waals surface area contributed by atoms with Gasteiger partial charge in [0.25, 0.3) is 0 Å². The summed E-state index contributed by atoms with van der Waals surface area (Å²) >= 11 is 0. The zero-order chi connectivity index (χ0) is 15.4. The van der Waals surface area contributed by atoms with E-state index in [1.54, 1.807) is 0 Å². The highest BCUT2D eigenvalue weighted by Crippen LogP contribution is 2.29. The van der Waals surface area contributed by atoms with Gasteiger partial charge in [0, 0.05) is 0 Å². The Morgan fingerprint density at radius 2 is 2.00 bits per heavy atom. The van der Waals surface area contributed by atoms with Gasteiger partial charge in [-0.25, -0.2) is 9.48 Å². The third-order valence-electron chi connectivity index (χ3n) is 3.72. The predicted molar refractivity (Wildman–Crippen MR) is 70.6 cm³/mol. The van der Waals surface area contributed by atoms with Crippen LogP contribution in [-0.2, 0) is 20.7 Å². The average molecular weight is 297 g/mol. The van der Waals surface area contributed by atoms with Crippen molar-refractivity contribution in [2.45, 2.75) is 44.2 Å². The highest BCUT2D eigenvalue weighted by atomic mass is 16.5. The summed E-state index contributed by atoms with van der Waals surface area (Å²) in [6.45, 7) is 0. The summed E-state index contributed by atoms with van der Waals surface area (Å²) < 4.78 is 10.8. The molecule has 1 aliphatic carbocycles. The van der Waals surface area contributed by atoms with Gasteiger partial charge in [-0.15, -0.1) is 5.10 Å². The van der Waals surface area contributed by atoms with Crippen LogP contribution in [0.3, 0.4) is 0 Å². The van der Waals surface area contributed by atoms with Gasteiger partial charge in [0.1, 0.15) is 0 Å². The average Bonchev–Trinajstić information content (AvgIpc) is 2.90. The highest BCUT2D eigenvalue weighted by Gasteiger charge is 2.31. The molecule has 1 saturated carbocycles. The van der Waals surface area contributed by atoms with Crippen LogP contribution in [0.15, 0.2) is 0 Å². The van der Waals surface area contributed by atoms with Gasteiger partial charge in [-0.1, -0.05) is 18.1 Å². The molecule has 1 aliphatic rings. The molecular formula is C13H19N3O5. The van der Waals surface area contributed by atoms with Crippen LogP contribution in [-0.4, -0.2) is 52.4 Å². The second-order valence-electron chi connectivity index (χ2n) is 4.99. The van der Waals surface area contributed by atoms with Gasteiger partial charge >= 0.3 is 11.9 Å². The lowest BCUT2D eigenvalue weighted by atomic mass is 9.92. The van der Waals surface area contributed by atoms with Gasteiger partial charge in [0.05, 0.1) is 38.5 Å². The number of esters is 2. The van der Waals surface area contributed by atoms with E-state index in [4.69, 9.17) is 0 Å². The zero-order valence-corrected chi connectivity index (χ0v) is 12.1. The van der Waals surface area contributed by atoms with Gasteiger partial charge < -0.3 is 14.6 Å². The Kier molecular flexibility index (Phi) is 4.89. The van der Waals surface area contributed by atoms with Crippen molar-refractivity contribution in [3.05, 3.63) is 11.4 Å². The number of rotatable bonds is 4. The standard InChI is InChI=1S/C13H19N3O5/c1-20-11(18)7-9-12(13(19)21-2)14-15-16(9)8-5-3-4-6-10(8)17/h8,10,17H,3-7H2,1-2H3. The molecule has 0 aliphatic heterocycles. The Hall–Kier alpha value is -1.96. The molecule has 2 unspecified atom stereocenters. The smallest absolute Gasteiger partial charge is 0.360 e. The van der Waals surface area contributed by atoms with Crippen molar-refractivity contribution in [2.75, 3.05) is 14.2 Å². The molecule has 8 nitrogen and oxygen atoms in total. The molecule has 0 spiro atoms. The van der Waals surface area contributed by atoms with Gasteiger partial charge in [-0.2, -0.15) is 0 Å². The Morgan fingerprint density at radius 1 is 1.29 bits per heavy atom. The summed E-state index contributed by atoms with van der Waals surface area (Å²) in [6, 6.07) is -0.288. The Balaban J connectivity index is 2.37. The van der Waals surface area contributed by atoms with Crippen molar-refractivity contribution >= 4 is 11.9 Å². The van der Waals surface area contributed by atoms with Gasteiger partial charge in [-0.05, 0) is 12.8 Å². The van der Waals surface area contributed by atoms with Crippen molar-refractivity contribution in [1.82, 2.24) is 15.0 Å². The number of nitrogens with zero attached hydrogens (tertiary/aromatic N) is 3. The molecule has 8 heteroatoms.